The number of nitrogens with one attached hydrogen (secondary N) is 1. The molecule has 1 unspecified atom stereocenters. The molecule has 7 nitrogen and oxygen atoms in total. The Balaban J connectivity index is 1.58. The second kappa shape index (κ2) is 9.69. The van der Waals surface area contributed by atoms with Crippen LogP contribution < -0.4 is 10.2 Å². The van der Waals surface area contributed by atoms with Crippen molar-refractivity contribution >= 4 is 28.2 Å². The summed E-state index contributed by atoms with van der Waals surface area (Å²) in [5.41, 5.74) is 2.58. The van der Waals surface area contributed by atoms with Crippen LogP contribution in [0.3, 0.4) is 0 Å². The van der Waals surface area contributed by atoms with Crippen LogP contribution in [0.4, 0.5) is 5.82 Å². The maximum Gasteiger partial charge on any atom is 0.249 e. The van der Waals surface area contributed by atoms with Gasteiger partial charge in [0, 0.05) is 37.2 Å². The fourth-order valence-corrected chi connectivity index (χ4v) is 4.47. The Hall–Kier alpha value is -2.93. The molecule has 170 valence electrons. The highest BCUT2D eigenvalue weighted by molar-refractivity contribution is 5.91. The molecule has 1 amide bonds. The molecule has 0 radical (unpaired) electrons. The molecule has 2 N–H and O–H groups in total. The van der Waals surface area contributed by atoms with Gasteiger partial charge in [-0.15, -0.1) is 0 Å². The summed E-state index contributed by atoms with van der Waals surface area (Å²) in [7, 11) is 0. The average Bonchev–Trinajstić information content (AvgIpc) is 3.36. The molecular weight excluding hydrogens is 404 g/mol. The van der Waals surface area contributed by atoms with Crippen molar-refractivity contribution in [2.75, 3.05) is 31.1 Å². The van der Waals surface area contributed by atoms with Gasteiger partial charge in [-0.2, -0.15) is 0 Å². The average molecular weight is 437 g/mol. The van der Waals surface area contributed by atoms with Gasteiger partial charge in [0.25, 0.3) is 0 Å². The smallest absolute Gasteiger partial charge is 0.249 e. The largest absolute Gasteiger partial charge is 0.508 e. The van der Waals surface area contributed by atoms with E-state index in [-0.39, 0.29) is 17.8 Å². The van der Waals surface area contributed by atoms with Crippen LogP contribution in [0, 0.1) is 12.8 Å². The molecule has 2 aromatic rings. The fraction of sp³-hybridized carbons (Fsp3) is 0.480. The number of nitrogens with zero attached hydrogens (tertiary/aromatic N) is 3. The van der Waals surface area contributed by atoms with E-state index in [4.69, 9.17) is 14.7 Å². The van der Waals surface area contributed by atoms with Gasteiger partial charge >= 0.3 is 0 Å². The van der Waals surface area contributed by atoms with Gasteiger partial charge in [-0.25, -0.2) is 9.97 Å². The number of benzene rings is 1. The van der Waals surface area contributed by atoms with E-state index >= 15 is 0 Å². The molecule has 2 saturated heterocycles. The van der Waals surface area contributed by atoms with Crippen LogP contribution in [-0.4, -0.2) is 53.3 Å². The van der Waals surface area contributed by atoms with E-state index in [1.165, 1.54) is 6.08 Å². The fourth-order valence-electron chi connectivity index (χ4n) is 4.47. The number of ether oxygens (including phenoxy) is 1. The number of allylic oxidation sites excluding steroid dienone is 2. The number of carbonyl (C=O) groups is 1. The number of anilines is 1. The highest BCUT2D eigenvalue weighted by Crippen LogP contribution is 2.30. The lowest BCUT2D eigenvalue weighted by molar-refractivity contribution is -0.130. The third-order valence-electron chi connectivity index (χ3n) is 6.35. The van der Waals surface area contributed by atoms with Gasteiger partial charge in [0.1, 0.15) is 17.7 Å². The standard InChI is InChI=1S/C25H32N4O3/c1-4-21(30)17(3)23-27-20-13-16(2)9-10-19(20)24(28-23)29-11-5-7-18(15-29)14-26-25(31)22-8-6-12-32-22/h4,9-10,13,18,22,30H,1,5-8,11-12,14-15H2,2-3H3,(H,26,31)/b21-17-/t18?,22-/m0/s1. The number of hydrogen-bond donors (Lipinski definition) is 2. The highest BCUT2D eigenvalue weighted by Gasteiger charge is 2.27. The van der Waals surface area contributed by atoms with Crippen LogP contribution >= 0.6 is 0 Å². The molecule has 0 bridgehead atoms. The van der Waals surface area contributed by atoms with Gasteiger partial charge < -0.3 is 20.1 Å². The highest BCUT2D eigenvalue weighted by atomic mass is 16.5. The number of aliphatic hydroxyl groups excluding tert-OH is 1. The molecule has 1 aromatic carbocycles. The third-order valence-corrected chi connectivity index (χ3v) is 6.35. The first kappa shape index (κ1) is 22.3. The van der Waals surface area contributed by atoms with Crippen molar-refractivity contribution in [2.45, 2.75) is 45.6 Å². The van der Waals surface area contributed by atoms with Crippen LogP contribution in [0.1, 0.15) is 44.0 Å². The van der Waals surface area contributed by atoms with Crippen molar-refractivity contribution in [2.24, 2.45) is 5.92 Å². The molecule has 3 heterocycles. The first-order valence-corrected chi connectivity index (χ1v) is 11.4. The molecule has 2 atom stereocenters. The summed E-state index contributed by atoms with van der Waals surface area (Å²) >= 11 is 0. The summed E-state index contributed by atoms with van der Waals surface area (Å²) in [5.74, 6) is 1.80. The zero-order valence-electron chi connectivity index (χ0n) is 18.9. The van der Waals surface area contributed by atoms with Crippen LogP contribution in [0.15, 0.2) is 36.6 Å². The molecule has 0 spiro atoms. The lowest BCUT2D eigenvalue weighted by Crippen LogP contribution is -2.43. The van der Waals surface area contributed by atoms with Crippen molar-refractivity contribution in [3.63, 3.8) is 0 Å². The third kappa shape index (κ3) is 4.78. The van der Waals surface area contributed by atoms with E-state index < -0.39 is 0 Å². The minimum Gasteiger partial charge on any atom is -0.508 e. The monoisotopic (exact) mass is 436 g/mol. The normalized spacial score (nSPS) is 22.0. The molecule has 0 aliphatic carbocycles. The van der Waals surface area contributed by atoms with Crippen molar-refractivity contribution < 1.29 is 14.6 Å². The zero-order valence-corrected chi connectivity index (χ0v) is 18.9. The van der Waals surface area contributed by atoms with Crippen molar-refractivity contribution in [1.82, 2.24) is 15.3 Å². The van der Waals surface area contributed by atoms with Crippen molar-refractivity contribution in [3.8, 4) is 0 Å². The summed E-state index contributed by atoms with van der Waals surface area (Å²) in [5, 5.41) is 14.3. The van der Waals surface area contributed by atoms with E-state index in [0.29, 0.717) is 30.5 Å². The van der Waals surface area contributed by atoms with Gasteiger partial charge in [-0.05, 0) is 69.2 Å². The summed E-state index contributed by atoms with van der Waals surface area (Å²) in [6, 6.07) is 6.19. The lowest BCUT2D eigenvalue weighted by Gasteiger charge is -2.34. The number of aromatic nitrogens is 2. The maximum absolute atomic E-state index is 12.4. The molecule has 1 aromatic heterocycles. The number of aryl methyl sites for hydroxylation is 1. The predicted octanol–water partition coefficient (Wildman–Crippen LogP) is 3.92. The number of amides is 1. The Kier molecular flexibility index (Phi) is 6.74. The molecule has 7 heteroatoms. The second-order valence-electron chi connectivity index (χ2n) is 8.81. The molecule has 0 saturated carbocycles. The predicted molar refractivity (Wildman–Crippen MR) is 127 cm³/mol. The Labute approximate surface area is 189 Å². The first-order chi connectivity index (χ1) is 15.5. The van der Waals surface area contributed by atoms with E-state index in [1.54, 1.807) is 6.92 Å². The van der Waals surface area contributed by atoms with E-state index in [9.17, 15) is 9.90 Å². The molecular formula is C25H32N4O3. The quantitative estimate of drug-likeness (QED) is 0.527. The van der Waals surface area contributed by atoms with Gasteiger partial charge in [0.2, 0.25) is 5.91 Å². The van der Waals surface area contributed by atoms with E-state index in [2.05, 4.69) is 28.9 Å². The van der Waals surface area contributed by atoms with E-state index in [1.807, 2.05) is 13.0 Å². The van der Waals surface area contributed by atoms with Crippen LogP contribution in [0.2, 0.25) is 0 Å². The topological polar surface area (TPSA) is 87.6 Å². The molecule has 2 aliphatic heterocycles. The summed E-state index contributed by atoms with van der Waals surface area (Å²) in [6.45, 7) is 10.5. The van der Waals surface area contributed by atoms with Crippen LogP contribution in [0.25, 0.3) is 16.5 Å². The van der Waals surface area contributed by atoms with Crippen LogP contribution in [0.5, 0.6) is 0 Å². The Morgan fingerprint density at radius 2 is 2.19 bits per heavy atom. The zero-order chi connectivity index (χ0) is 22.7. The van der Waals surface area contributed by atoms with Gasteiger partial charge in [-0.1, -0.05) is 12.6 Å². The van der Waals surface area contributed by atoms with Gasteiger partial charge in [-0.3, -0.25) is 4.79 Å². The van der Waals surface area contributed by atoms with Gasteiger partial charge in [0.05, 0.1) is 5.52 Å². The van der Waals surface area contributed by atoms with Gasteiger partial charge in [0.15, 0.2) is 5.82 Å². The van der Waals surface area contributed by atoms with E-state index in [0.717, 1.165) is 61.1 Å². The number of aliphatic hydroxyl groups is 1. The molecule has 4 rings (SSSR count). The second-order valence-corrected chi connectivity index (χ2v) is 8.81. The molecule has 32 heavy (non-hydrogen) atoms. The summed E-state index contributed by atoms with van der Waals surface area (Å²) in [6.07, 6.45) is 4.97. The van der Waals surface area contributed by atoms with Crippen LogP contribution in [-0.2, 0) is 9.53 Å². The van der Waals surface area contributed by atoms with Crippen molar-refractivity contribution in [3.05, 3.63) is 48.0 Å². The Morgan fingerprint density at radius 1 is 1.34 bits per heavy atom. The number of carbonyl (C=O) groups excluding carboxylic acids is 1. The van der Waals surface area contributed by atoms with Crippen molar-refractivity contribution in [1.29, 1.82) is 0 Å². The Morgan fingerprint density at radius 3 is 2.94 bits per heavy atom. The summed E-state index contributed by atoms with van der Waals surface area (Å²) < 4.78 is 5.50. The lowest BCUT2D eigenvalue weighted by atomic mass is 9.97. The number of fused-ring (bicyclic) bond motifs is 1. The summed E-state index contributed by atoms with van der Waals surface area (Å²) in [4.78, 5) is 24.2. The number of hydrogen-bond acceptors (Lipinski definition) is 6. The first-order valence-electron chi connectivity index (χ1n) is 11.4. The number of rotatable bonds is 6. The minimum absolute atomic E-state index is 0.00512. The maximum atomic E-state index is 12.4. The molecule has 2 aliphatic rings. The SMILES string of the molecule is C=C/C(O)=C(\C)c1nc(N2CCCC(CNC(=O)[C@@H]3CCCO3)C2)c2ccc(C)cc2n1. The minimum atomic E-state index is -0.293. The Bertz CT molecular complexity index is 1040. The number of piperidine rings is 1. The molecule has 2 fully saturated rings.